The molecule has 1 atom stereocenters. The fraction of sp³-hybridized carbons (Fsp3) is 0.394. The zero-order valence-corrected chi connectivity index (χ0v) is 22.8. The van der Waals surface area contributed by atoms with Crippen LogP contribution in [0, 0.1) is 5.92 Å². The number of ether oxygens (including phenoxy) is 1. The molecule has 2 aliphatic heterocycles. The third-order valence-electron chi connectivity index (χ3n) is 7.96. The number of nitrogens with zero attached hydrogens (tertiary/aromatic N) is 1. The summed E-state index contributed by atoms with van der Waals surface area (Å²) in [7, 11) is 0. The van der Waals surface area contributed by atoms with Gasteiger partial charge in [-0.15, -0.1) is 0 Å². The van der Waals surface area contributed by atoms with E-state index >= 15 is 0 Å². The second-order valence-corrected chi connectivity index (χ2v) is 10.7. The smallest absolute Gasteiger partial charge is 0.255 e. The Labute approximate surface area is 231 Å². The Balaban J connectivity index is 1.30. The van der Waals surface area contributed by atoms with Gasteiger partial charge in [0.2, 0.25) is 0 Å². The monoisotopic (exact) mass is 525 g/mol. The van der Waals surface area contributed by atoms with Crippen LogP contribution in [0.1, 0.15) is 64.4 Å². The van der Waals surface area contributed by atoms with Crippen molar-refractivity contribution in [2.75, 3.05) is 36.5 Å². The summed E-state index contributed by atoms with van der Waals surface area (Å²) in [6.07, 6.45) is 6.25. The van der Waals surface area contributed by atoms with E-state index in [1.165, 1.54) is 11.1 Å². The molecular formula is C33H39N3O3. The van der Waals surface area contributed by atoms with Gasteiger partial charge in [-0.3, -0.25) is 9.59 Å². The SMILES string of the molecule is CCc1ccc(C(=O)Nc2ccc(N3CCC(Cc4ccccc4)CC3)c(C(=O)NCC3CCCO3)c2)cc1. The highest BCUT2D eigenvalue weighted by molar-refractivity contribution is 6.06. The third kappa shape index (κ3) is 7.07. The van der Waals surface area contributed by atoms with E-state index < -0.39 is 0 Å². The quantitative estimate of drug-likeness (QED) is 0.367. The standard InChI is InChI=1S/C33H39N3O3/c1-2-24-10-12-27(13-11-24)32(37)35-28-14-15-31(30(22-28)33(38)34-23-29-9-6-20-39-29)36-18-16-26(17-19-36)21-25-7-4-3-5-8-25/h3-5,7-8,10-15,22,26,29H,2,6,9,16-21,23H2,1H3,(H,34,38)(H,35,37). The van der Waals surface area contributed by atoms with Crippen LogP contribution in [0.4, 0.5) is 11.4 Å². The van der Waals surface area contributed by atoms with Crippen LogP contribution in [0.2, 0.25) is 0 Å². The Bertz CT molecular complexity index is 1240. The highest BCUT2D eigenvalue weighted by atomic mass is 16.5. The summed E-state index contributed by atoms with van der Waals surface area (Å²) in [5.41, 5.74) is 5.30. The predicted molar refractivity (Wildman–Crippen MR) is 157 cm³/mol. The second kappa shape index (κ2) is 12.9. The average Bonchev–Trinajstić information content (AvgIpc) is 3.51. The maximum Gasteiger partial charge on any atom is 0.255 e. The molecule has 0 spiro atoms. The predicted octanol–water partition coefficient (Wildman–Crippen LogP) is 5.87. The highest BCUT2D eigenvalue weighted by Crippen LogP contribution is 2.30. The number of carbonyl (C=O) groups is 2. The van der Waals surface area contributed by atoms with Gasteiger partial charge >= 0.3 is 0 Å². The van der Waals surface area contributed by atoms with E-state index in [9.17, 15) is 9.59 Å². The van der Waals surface area contributed by atoms with Gasteiger partial charge in [0.1, 0.15) is 0 Å². The molecule has 3 aromatic carbocycles. The molecule has 5 rings (SSSR count). The molecule has 2 aliphatic rings. The van der Waals surface area contributed by atoms with Crippen molar-refractivity contribution in [2.45, 2.75) is 51.6 Å². The first-order chi connectivity index (χ1) is 19.1. The summed E-state index contributed by atoms with van der Waals surface area (Å²) in [4.78, 5) is 28.7. The van der Waals surface area contributed by atoms with Gasteiger partial charge < -0.3 is 20.3 Å². The minimum Gasteiger partial charge on any atom is -0.376 e. The summed E-state index contributed by atoms with van der Waals surface area (Å²) in [6.45, 7) is 5.15. The molecule has 2 heterocycles. The zero-order valence-electron chi connectivity index (χ0n) is 22.8. The summed E-state index contributed by atoms with van der Waals surface area (Å²) in [6, 6.07) is 24.0. The average molecular weight is 526 g/mol. The topological polar surface area (TPSA) is 70.7 Å². The molecule has 2 amide bonds. The van der Waals surface area contributed by atoms with Crippen molar-refractivity contribution < 1.29 is 14.3 Å². The van der Waals surface area contributed by atoms with Gasteiger partial charge in [0.25, 0.3) is 11.8 Å². The molecule has 2 N–H and O–H groups in total. The number of carbonyl (C=O) groups excluding carboxylic acids is 2. The number of anilines is 2. The molecule has 2 fully saturated rings. The number of amides is 2. The Morgan fingerprint density at radius 1 is 0.897 bits per heavy atom. The van der Waals surface area contributed by atoms with Gasteiger partial charge in [-0.25, -0.2) is 0 Å². The number of piperidine rings is 1. The van der Waals surface area contributed by atoms with Crippen molar-refractivity contribution in [1.29, 1.82) is 0 Å². The van der Waals surface area contributed by atoms with Gasteiger partial charge in [0, 0.05) is 43.2 Å². The van der Waals surface area contributed by atoms with Crippen LogP contribution >= 0.6 is 0 Å². The lowest BCUT2D eigenvalue weighted by atomic mass is 9.89. The van der Waals surface area contributed by atoms with Crippen molar-refractivity contribution >= 4 is 23.2 Å². The van der Waals surface area contributed by atoms with Crippen LogP contribution in [-0.4, -0.2) is 44.2 Å². The fourth-order valence-electron chi connectivity index (χ4n) is 5.60. The Morgan fingerprint density at radius 2 is 1.67 bits per heavy atom. The van der Waals surface area contributed by atoms with Crippen LogP contribution in [0.3, 0.4) is 0 Å². The Morgan fingerprint density at radius 3 is 2.36 bits per heavy atom. The van der Waals surface area contributed by atoms with Crippen LogP contribution in [0.15, 0.2) is 72.8 Å². The summed E-state index contributed by atoms with van der Waals surface area (Å²) in [5.74, 6) is 0.325. The maximum atomic E-state index is 13.4. The highest BCUT2D eigenvalue weighted by Gasteiger charge is 2.25. The van der Waals surface area contributed by atoms with Gasteiger partial charge in [-0.1, -0.05) is 49.4 Å². The molecule has 0 aromatic heterocycles. The molecule has 0 radical (unpaired) electrons. The Kier molecular flexibility index (Phi) is 8.94. The van der Waals surface area contributed by atoms with Crippen molar-refractivity contribution in [2.24, 2.45) is 5.92 Å². The largest absolute Gasteiger partial charge is 0.376 e. The van der Waals surface area contributed by atoms with Crippen molar-refractivity contribution in [3.8, 4) is 0 Å². The summed E-state index contributed by atoms with van der Waals surface area (Å²) >= 11 is 0. The number of hydrogen-bond acceptors (Lipinski definition) is 4. The number of aryl methyl sites for hydroxylation is 1. The lowest BCUT2D eigenvalue weighted by molar-refractivity contribution is 0.0858. The molecule has 204 valence electrons. The van der Waals surface area contributed by atoms with Gasteiger partial charge in [0.15, 0.2) is 0 Å². The van der Waals surface area contributed by atoms with Gasteiger partial charge in [0.05, 0.1) is 11.7 Å². The normalized spacial score (nSPS) is 17.7. The van der Waals surface area contributed by atoms with Crippen LogP contribution in [0.25, 0.3) is 0 Å². The lowest BCUT2D eigenvalue weighted by Gasteiger charge is -2.35. The minimum atomic E-state index is -0.183. The molecule has 0 bridgehead atoms. The van der Waals surface area contributed by atoms with E-state index in [1.54, 1.807) is 0 Å². The van der Waals surface area contributed by atoms with Crippen LogP contribution < -0.4 is 15.5 Å². The first-order valence-corrected chi connectivity index (χ1v) is 14.3. The molecule has 1 unspecified atom stereocenters. The summed E-state index contributed by atoms with van der Waals surface area (Å²) < 4.78 is 5.71. The summed E-state index contributed by atoms with van der Waals surface area (Å²) in [5, 5.41) is 6.07. The van der Waals surface area contributed by atoms with Crippen molar-refractivity contribution in [3.63, 3.8) is 0 Å². The third-order valence-corrected chi connectivity index (χ3v) is 7.96. The molecule has 39 heavy (non-hydrogen) atoms. The number of rotatable bonds is 9. The fourth-order valence-corrected chi connectivity index (χ4v) is 5.60. The van der Waals surface area contributed by atoms with Gasteiger partial charge in [-0.2, -0.15) is 0 Å². The molecule has 0 aliphatic carbocycles. The molecule has 0 saturated carbocycles. The van der Waals surface area contributed by atoms with Crippen LogP contribution in [-0.2, 0) is 17.6 Å². The van der Waals surface area contributed by atoms with Crippen LogP contribution in [0.5, 0.6) is 0 Å². The minimum absolute atomic E-state index is 0.0695. The molecule has 6 heteroatoms. The Hall–Kier alpha value is -3.64. The zero-order chi connectivity index (χ0) is 27.0. The van der Waals surface area contributed by atoms with Gasteiger partial charge in [-0.05, 0) is 85.9 Å². The van der Waals surface area contributed by atoms with E-state index in [2.05, 4.69) is 52.8 Å². The number of hydrogen-bond donors (Lipinski definition) is 2. The molecule has 2 saturated heterocycles. The number of benzene rings is 3. The van der Waals surface area contributed by atoms with E-state index in [0.29, 0.717) is 29.3 Å². The maximum absolute atomic E-state index is 13.4. The van der Waals surface area contributed by atoms with E-state index in [1.807, 2.05) is 42.5 Å². The van der Waals surface area contributed by atoms with E-state index in [-0.39, 0.29) is 17.9 Å². The van der Waals surface area contributed by atoms with Crippen molar-refractivity contribution in [1.82, 2.24) is 5.32 Å². The van der Waals surface area contributed by atoms with E-state index in [4.69, 9.17) is 4.74 Å². The first kappa shape index (κ1) is 26.9. The van der Waals surface area contributed by atoms with E-state index in [0.717, 1.165) is 63.9 Å². The first-order valence-electron chi connectivity index (χ1n) is 14.3. The molecular weight excluding hydrogens is 486 g/mol. The second-order valence-electron chi connectivity index (χ2n) is 10.7. The molecule has 3 aromatic rings. The lowest BCUT2D eigenvalue weighted by Crippen LogP contribution is -2.37. The van der Waals surface area contributed by atoms with Crippen molar-refractivity contribution in [3.05, 3.63) is 95.1 Å². The number of nitrogens with one attached hydrogen (secondary N) is 2. The molecule has 6 nitrogen and oxygen atoms in total.